The Morgan fingerprint density at radius 3 is 2.23 bits per heavy atom. The normalized spacial score (nSPS) is 13.9. The second-order valence-corrected chi connectivity index (χ2v) is 22.7. The fourth-order valence-electron chi connectivity index (χ4n) is 7.63. The second kappa shape index (κ2) is 16.9. The number of benzene rings is 2. The first kappa shape index (κ1) is 40.7. The van der Waals surface area contributed by atoms with Crippen LogP contribution in [0.2, 0.25) is 19.6 Å². The molecule has 0 aliphatic heterocycles. The minimum atomic E-state index is -1.41. The minimum Gasteiger partial charge on any atom is -0.486 e. The van der Waals surface area contributed by atoms with Gasteiger partial charge in [0.25, 0.3) is 0 Å². The van der Waals surface area contributed by atoms with E-state index in [1.54, 1.807) is 0 Å². The SMILES string of the molecule is CC(C)(C)Cc1cc(-c2[c-]ccc(C3CCCCC3)c2)ncc1[Si](C)(C)C.Cc1ccc2c(n1)oc1c(-c3cc(CC(C)C)c(C)cn3)[c-]ccc12.[Ir]. The Morgan fingerprint density at radius 2 is 1.53 bits per heavy atom. The van der Waals surface area contributed by atoms with E-state index in [9.17, 15) is 0 Å². The first-order valence-electron chi connectivity index (χ1n) is 19.3. The summed E-state index contributed by atoms with van der Waals surface area (Å²) in [6.07, 6.45) is 13.1. The van der Waals surface area contributed by atoms with E-state index in [1.165, 1.54) is 59.5 Å². The molecule has 4 nitrogen and oxygen atoms in total. The standard InChI is InChI=1S/C25H36NSi.C22H21N2O.Ir/c1-25(2,3)17-22-16-23(26-18-24(22)27(4,5)6)21-14-10-13-20(15-21)19-11-8-7-9-12-19;1-13(2)10-16-11-20(23-12-14(16)3)19-7-5-6-17-18-9-8-15(4)24-22(18)25-21(17)19;/h10,13,15-16,18-19H,7-9,11-12,17H2,1-6H3;5-6,8-9,11-13H,10H2,1-4H3;/q2*-1;. The second-order valence-electron chi connectivity index (χ2n) is 17.7. The molecule has 0 spiro atoms. The third-order valence-corrected chi connectivity index (χ3v) is 12.3. The summed E-state index contributed by atoms with van der Waals surface area (Å²) in [7, 11) is -1.41. The molecule has 0 bridgehead atoms. The first-order valence-corrected chi connectivity index (χ1v) is 22.8. The van der Waals surface area contributed by atoms with Crippen LogP contribution in [0.25, 0.3) is 44.6 Å². The van der Waals surface area contributed by atoms with E-state index in [4.69, 9.17) is 9.40 Å². The maximum absolute atomic E-state index is 6.09. The fraction of sp³-hybridized carbons (Fsp3) is 0.426. The largest absolute Gasteiger partial charge is 0.486 e. The summed E-state index contributed by atoms with van der Waals surface area (Å²) < 4.78 is 6.09. The van der Waals surface area contributed by atoms with Crippen molar-refractivity contribution in [3.63, 3.8) is 0 Å². The molecule has 281 valence electrons. The van der Waals surface area contributed by atoms with Crippen LogP contribution in [0, 0.1) is 37.3 Å². The maximum Gasteiger partial charge on any atom is 0.216 e. The molecule has 2 aromatic carbocycles. The summed E-state index contributed by atoms with van der Waals surface area (Å²) in [5.74, 6) is 1.33. The van der Waals surface area contributed by atoms with Gasteiger partial charge < -0.3 is 14.4 Å². The van der Waals surface area contributed by atoms with E-state index in [1.807, 2.05) is 31.3 Å². The first-order chi connectivity index (χ1) is 24.7. The number of hydrogen-bond donors (Lipinski definition) is 0. The molecule has 7 rings (SSSR count). The van der Waals surface area contributed by atoms with Gasteiger partial charge in [-0.25, -0.2) is 4.98 Å². The molecule has 0 N–H and O–H groups in total. The van der Waals surface area contributed by atoms with Crippen LogP contribution in [-0.4, -0.2) is 23.0 Å². The van der Waals surface area contributed by atoms with E-state index in [0.29, 0.717) is 11.6 Å². The number of fused-ring (bicyclic) bond motifs is 3. The number of aryl methyl sites for hydroxylation is 2. The zero-order chi connectivity index (χ0) is 37.2. The number of pyridine rings is 3. The van der Waals surface area contributed by atoms with Crippen molar-refractivity contribution in [3.05, 3.63) is 107 Å². The smallest absolute Gasteiger partial charge is 0.216 e. The van der Waals surface area contributed by atoms with Crippen LogP contribution in [0.5, 0.6) is 0 Å². The predicted molar refractivity (Wildman–Crippen MR) is 222 cm³/mol. The Balaban J connectivity index is 0.000000201. The summed E-state index contributed by atoms with van der Waals surface area (Å²) in [6, 6.07) is 26.1. The molecular weight excluding hydrogens is 843 g/mol. The van der Waals surface area contributed by atoms with Crippen molar-refractivity contribution >= 4 is 35.3 Å². The number of nitrogens with zero attached hydrogens (tertiary/aromatic N) is 3. The van der Waals surface area contributed by atoms with Crippen molar-refractivity contribution < 1.29 is 24.5 Å². The summed E-state index contributed by atoms with van der Waals surface area (Å²) in [4.78, 5) is 14.1. The molecule has 6 heteroatoms. The summed E-state index contributed by atoms with van der Waals surface area (Å²) in [5.41, 5.74) is 12.3. The van der Waals surface area contributed by atoms with Crippen molar-refractivity contribution in [2.75, 3.05) is 0 Å². The molecule has 6 aromatic rings. The average molecular weight is 900 g/mol. The van der Waals surface area contributed by atoms with Crippen LogP contribution in [0.4, 0.5) is 0 Å². The Bertz CT molecular complexity index is 2170. The third-order valence-electron chi connectivity index (χ3n) is 10.2. The molecule has 1 aliphatic rings. The number of hydrogen-bond acceptors (Lipinski definition) is 4. The molecule has 1 saturated carbocycles. The van der Waals surface area contributed by atoms with Gasteiger partial charge >= 0.3 is 0 Å². The Morgan fingerprint density at radius 1 is 0.830 bits per heavy atom. The molecule has 53 heavy (non-hydrogen) atoms. The van der Waals surface area contributed by atoms with Gasteiger partial charge in [-0.1, -0.05) is 108 Å². The molecule has 1 aliphatic carbocycles. The van der Waals surface area contributed by atoms with Gasteiger partial charge in [0.15, 0.2) is 0 Å². The van der Waals surface area contributed by atoms with Crippen molar-refractivity contribution in [1.29, 1.82) is 0 Å². The zero-order valence-corrected chi connectivity index (χ0v) is 36.9. The zero-order valence-electron chi connectivity index (χ0n) is 33.5. The summed E-state index contributed by atoms with van der Waals surface area (Å²) >= 11 is 0. The number of aromatic nitrogens is 3. The molecule has 1 fully saturated rings. The molecule has 4 aromatic heterocycles. The van der Waals surface area contributed by atoms with Gasteiger partial charge in [0.05, 0.1) is 13.7 Å². The summed E-state index contributed by atoms with van der Waals surface area (Å²) in [6.45, 7) is 22.8. The van der Waals surface area contributed by atoms with Gasteiger partial charge in [0.2, 0.25) is 5.71 Å². The summed E-state index contributed by atoms with van der Waals surface area (Å²) in [5, 5.41) is 3.60. The van der Waals surface area contributed by atoms with Gasteiger partial charge in [-0.15, -0.1) is 53.6 Å². The molecule has 1 radical (unpaired) electrons. The van der Waals surface area contributed by atoms with E-state index in [2.05, 4.69) is 126 Å². The van der Waals surface area contributed by atoms with Crippen molar-refractivity contribution in [2.24, 2.45) is 11.3 Å². The van der Waals surface area contributed by atoms with Crippen molar-refractivity contribution in [3.8, 4) is 22.5 Å². The molecule has 0 atom stereocenters. The average Bonchev–Trinajstić information content (AvgIpc) is 3.46. The quantitative estimate of drug-likeness (QED) is 0.118. The van der Waals surface area contributed by atoms with Crippen LogP contribution in [0.15, 0.2) is 71.4 Å². The maximum atomic E-state index is 6.09. The molecule has 0 unspecified atom stereocenters. The predicted octanol–water partition coefficient (Wildman–Crippen LogP) is 12.4. The van der Waals surface area contributed by atoms with Crippen LogP contribution in [0.1, 0.15) is 101 Å². The van der Waals surface area contributed by atoms with Crippen LogP contribution < -0.4 is 5.19 Å². The van der Waals surface area contributed by atoms with Crippen molar-refractivity contribution in [2.45, 2.75) is 119 Å². The Kier molecular flexibility index (Phi) is 13.0. The van der Waals surface area contributed by atoms with Gasteiger partial charge in [-0.3, -0.25) is 0 Å². The Hall–Kier alpha value is -3.44. The monoisotopic (exact) mass is 900 g/mol. The van der Waals surface area contributed by atoms with Crippen molar-refractivity contribution in [1.82, 2.24) is 15.0 Å². The number of furan rings is 1. The van der Waals surface area contributed by atoms with Crippen LogP contribution in [0.3, 0.4) is 0 Å². The van der Waals surface area contributed by atoms with E-state index in [0.717, 1.165) is 63.3 Å². The van der Waals surface area contributed by atoms with E-state index >= 15 is 0 Å². The molecular formula is C47H57IrN3OSi-2. The molecule has 4 heterocycles. The van der Waals surface area contributed by atoms with E-state index < -0.39 is 8.07 Å². The molecule has 0 saturated heterocycles. The minimum absolute atomic E-state index is 0. The molecule has 0 amide bonds. The van der Waals surface area contributed by atoms with Gasteiger partial charge in [-0.2, -0.15) is 0 Å². The van der Waals surface area contributed by atoms with Gasteiger partial charge in [-0.05, 0) is 91.1 Å². The van der Waals surface area contributed by atoms with Crippen LogP contribution in [-0.2, 0) is 32.9 Å². The Labute approximate surface area is 333 Å². The number of rotatable bonds is 7. The topological polar surface area (TPSA) is 51.8 Å². The van der Waals surface area contributed by atoms with Gasteiger partial charge in [0.1, 0.15) is 0 Å². The van der Waals surface area contributed by atoms with Gasteiger partial charge in [0, 0.05) is 43.6 Å². The van der Waals surface area contributed by atoms with E-state index in [-0.39, 0.29) is 25.5 Å². The fourth-order valence-corrected chi connectivity index (χ4v) is 9.20. The third kappa shape index (κ3) is 10.0. The van der Waals surface area contributed by atoms with Crippen LogP contribution >= 0.6 is 0 Å².